The van der Waals surface area contributed by atoms with E-state index in [9.17, 15) is 14.7 Å². The van der Waals surface area contributed by atoms with Crippen LogP contribution in [0.5, 0.6) is 5.88 Å². The van der Waals surface area contributed by atoms with Gasteiger partial charge in [-0.2, -0.15) is 5.10 Å². The van der Waals surface area contributed by atoms with Crippen LogP contribution < -0.4 is 15.4 Å². The number of ether oxygens (including phenoxy) is 1. The van der Waals surface area contributed by atoms with Crippen LogP contribution in [-0.4, -0.2) is 52.8 Å². The van der Waals surface area contributed by atoms with Crippen molar-refractivity contribution in [2.24, 2.45) is 0 Å². The number of benzene rings is 2. The van der Waals surface area contributed by atoms with Gasteiger partial charge in [0.15, 0.2) is 5.69 Å². The van der Waals surface area contributed by atoms with Crippen molar-refractivity contribution >= 4 is 34.3 Å². The number of halogens is 1. The van der Waals surface area contributed by atoms with Crippen molar-refractivity contribution in [3.05, 3.63) is 76.6 Å². The lowest BCUT2D eigenvalue weighted by molar-refractivity contribution is 0.0935. The van der Waals surface area contributed by atoms with Crippen LogP contribution in [0, 0.1) is 0 Å². The number of H-pyrrole nitrogens is 1. The Morgan fingerprint density at radius 1 is 1.17 bits per heavy atom. The normalized spacial score (nSPS) is 12.1. The third-order valence-corrected chi connectivity index (χ3v) is 5.78. The molecule has 0 aliphatic heterocycles. The second-order valence-corrected chi connectivity index (χ2v) is 8.18. The number of hydrogen-bond acceptors (Lipinski definition) is 6. The summed E-state index contributed by atoms with van der Waals surface area (Å²) >= 11 is 5.89. The number of aliphatic hydroxyl groups is 1. The molecule has 0 bridgehead atoms. The molecule has 180 valence electrons. The second kappa shape index (κ2) is 10.5. The van der Waals surface area contributed by atoms with Gasteiger partial charge in [-0.25, -0.2) is 4.98 Å². The molecule has 0 fully saturated rings. The van der Waals surface area contributed by atoms with Crippen LogP contribution in [0.2, 0.25) is 5.02 Å². The van der Waals surface area contributed by atoms with Crippen LogP contribution in [0.25, 0.3) is 22.0 Å². The third kappa shape index (κ3) is 5.26. The van der Waals surface area contributed by atoms with Crippen LogP contribution in [0.4, 0.5) is 0 Å². The van der Waals surface area contributed by atoms with Gasteiger partial charge in [-0.15, -0.1) is 0 Å². The summed E-state index contributed by atoms with van der Waals surface area (Å²) < 4.78 is 12.6. The summed E-state index contributed by atoms with van der Waals surface area (Å²) in [4.78, 5) is 29.2. The molecule has 4 aromatic rings. The number of aromatic nitrogens is 3. The molecule has 0 saturated carbocycles. The minimum atomic E-state index is -0.767. The molecule has 0 spiro atoms. The molecule has 0 saturated heterocycles. The van der Waals surface area contributed by atoms with E-state index >= 15 is 0 Å². The minimum absolute atomic E-state index is 0.0361. The molecule has 10 heteroatoms. The molecule has 0 aliphatic carbocycles. The Hall–Kier alpha value is -3.95. The molecule has 0 aliphatic rings. The number of pyridine rings is 1. The standard InChI is InChI=1S/C25H24ClN5O4/c1-27-24(34)22-18-8-5-15(12-20(18)30-31-22)16-11-19(25(35-2)29-13-16)23(33)28-10-9-21(32)14-3-6-17(26)7-4-14/h3-8,11-13,21,32H,9-10H2,1-2H3,(H,27,34)(H,28,33)(H,30,31)/t21-/m0/s1/i2D. The zero-order chi connectivity index (χ0) is 25.7. The zero-order valence-corrected chi connectivity index (χ0v) is 19.6. The molecule has 0 radical (unpaired) electrons. The first kappa shape index (κ1) is 22.8. The highest BCUT2D eigenvalue weighted by atomic mass is 35.5. The van der Waals surface area contributed by atoms with E-state index < -0.39 is 19.1 Å². The molecule has 1 atom stereocenters. The van der Waals surface area contributed by atoms with Gasteiger partial charge in [0.2, 0.25) is 5.88 Å². The monoisotopic (exact) mass is 494 g/mol. The molecule has 2 aromatic heterocycles. The number of aliphatic hydroxyl groups excluding tert-OH is 1. The summed E-state index contributed by atoms with van der Waals surface area (Å²) in [6.07, 6.45) is 1.07. The number of rotatable bonds is 8. The van der Waals surface area contributed by atoms with Gasteiger partial charge < -0.3 is 20.5 Å². The van der Waals surface area contributed by atoms with Gasteiger partial charge in [0.1, 0.15) is 5.56 Å². The highest BCUT2D eigenvalue weighted by Crippen LogP contribution is 2.28. The molecular weight excluding hydrogens is 470 g/mol. The molecular formula is C25H24ClN5O4. The lowest BCUT2D eigenvalue weighted by Crippen LogP contribution is -2.26. The number of aromatic amines is 1. The molecule has 2 heterocycles. The van der Waals surface area contributed by atoms with Gasteiger partial charge in [0.05, 0.1) is 20.1 Å². The lowest BCUT2D eigenvalue weighted by atomic mass is 10.0. The summed E-state index contributed by atoms with van der Waals surface area (Å²) in [5.74, 6) is -0.706. The van der Waals surface area contributed by atoms with E-state index in [1.165, 1.54) is 7.05 Å². The predicted octanol–water partition coefficient (Wildman–Crippen LogP) is 3.50. The molecule has 2 aromatic carbocycles. The fourth-order valence-corrected chi connectivity index (χ4v) is 3.77. The molecule has 0 unspecified atom stereocenters. The lowest BCUT2D eigenvalue weighted by Gasteiger charge is -2.13. The Labute approximate surface area is 207 Å². The minimum Gasteiger partial charge on any atom is -0.480 e. The number of hydrogen-bond donors (Lipinski definition) is 4. The van der Waals surface area contributed by atoms with Crippen molar-refractivity contribution in [2.45, 2.75) is 12.5 Å². The van der Waals surface area contributed by atoms with E-state index in [1.807, 2.05) is 0 Å². The van der Waals surface area contributed by atoms with Gasteiger partial charge in [-0.3, -0.25) is 14.7 Å². The average molecular weight is 495 g/mol. The van der Waals surface area contributed by atoms with Crippen LogP contribution in [0.15, 0.2) is 54.7 Å². The SMILES string of the molecule is [2H]COc1ncc(-c2ccc3c(C(=O)NC)n[nH]c3c2)cc1C(=O)NCC[C@H](O)c1ccc(Cl)cc1. The zero-order valence-electron chi connectivity index (χ0n) is 19.8. The van der Waals surface area contributed by atoms with Gasteiger partial charge in [-0.1, -0.05) is 29.8 Å². The number of nitrogens with zero attached hydrogens (tertiary/aromatic N) is 2. The van der Waals surface area contributed by atoms with Crippen LogP contribution in [-0.2, 0) is 0 Å². The summed E-state index contributed by atoms with van der Waals surface area (Å²) in [7, 11) is 1.14. The van der Waals surface area contributed by atoms with Crippen LogP contribution in [0.1, 0.15) is 40.3 Å². The number of carbonyl (C=O) groups is 2. The number of fused-ring (bicyclic) bond motifs is 1. The molecule has 35 heavy (non-hydrogen) atoms. The summed E-state index contributed by atoms with van der Waals surface area (Å²) in [5, 5.41) is 23.9. The van der Waals surface area contributed by atoms with Gasteiger partial charge in [-0.05, 0) is 47.9 Å². The van der Waals surface area contributed by atoms with Gasteiger partial charge >= 0.3 is 0 Å². The number of nitrogens with one attached hydrogen (secondary N) is 3. The number of amides is 2. The van der Waals surface area contributed by atoms with Gasteiger partial charge in [0.25, 0.3) is 11.8 Å². The maximum Gasteiger partial charge on any atom is 0.272 e. The van der Waals surface area contributed by atoms with E-state index in [1.54, 1.807) is 54.7 Å². The predicted molar refractivity (Wildman–Crippen MR) is 133 cm³/mol. The van der Waals surface area contributed by atoms with E-state index in [4.69, 9.17) is 17.7 Å². The second-order valence-electron chi connectivity index (χ2n) is 7.74. The molecule has 4 rings (SSSR count). The van der Waals surface area contributed by atoms with Crippen LogP contribution in [0.3, 0.4) is 0 Å². The highest BCUT2D eigenvalue weighted by Gasteiger charge is 2.18. The van der Waals surface area contributed by atoms with E-state index in [-0.39, 0.29) is 29.6 Å². The molecule has 4 N–H and O–H groups in total. The molecule has 2 amide bonds. The van der Waals surface area contributed by atoms with Gasteiger partial charge in [0, 0.05) is 35.8 Å². The maximum atomic E-state index is 13.0. The van der Waals surface area contributed by atoms with Crippen LogP contribution >= 0.6 is 11.6 Å². The smallest absolute Gasteiger partial charge is 0.272 e. The number of methoxy groups -OCH3 is 1. The fourth-order valence-electron chi connectivity index (χ4n) is 3.65. The summed E-state index contributed by atoms with van der Waals surface area (Å²) in [6.45, 7) is 0.204. The topological polar surface area (TPSA) is 129 Å². The quantitative estimate of drug-likeness (QED) is 0.297. The first-order valence-corrected chi connectivity index (χ1v) is 11.1. The Kier molecular flexibility index (Phi) is 6.87. The Balaban J connectivity index is 1.52. The Bertz CT molecular complexity index is 1390. The van der Waals surface area contributed by atoms with Crippen molar-refractivity contribution in [1.29, 1.82) is 0 Å². The summed E-state index contributed by atoms with van der Waals surface area (Å²) in [6, 6.07) is 13.9. The van der Waals surface area contributed by atoms with Crippen molar-refractivity contribution in [3.63, 3.8) is 0 Å². The average Bonchev–Trinajstić information content (AvgIpc) is 3.32. The van der Waals surface area contributed by atoms with E-state index in [0.29, 0.717) is 33.5 Å². The Morgan fingerprint density at radius 3 is 2.71 bits per heavy atom. The van der Waals surface area contributed by atoms with Crippen molar-refractivity contribution in [2.75, 3.05) is 20.7 Å². The number of carbonyl (C=O) groups excluding carboxylic acids is 2. The first-order valence-electron chi connectivity index (χ1n) is 11.5. The van der Waals surface area contributed by atoms with Crippen molar-refractivity contribution < 1.29 is 20.8 Å². The highest BCUT2D eigenvalue weighted by molar-refractivity contribution is 6.30. The first-order chi connectivity index (χ1) is 17.4. The van der Waals surface area contributed by atoms with Crippen molar-refractivity contribution in [1.82, 2.24) is 25.8 Å². The maximum absolute atomic E-state index is 13.0. The molecule has 9 nitrogen and oxygen atoms in total. The van der Waals surface area contributed by atoms with Crippen molar-refractivity contribution in [3.8, 4) is 17.0 Å². The largest absolute Gasteiger partial charge is 0.480 e. The third-order valence-electron chi connectivity index (χ3n) is 5.53. The van der Waals surface area contributed by atoms with E-state index in [0.717, 1.165) is 5.56 Å². The fraction of sp³-hybridized carbons (Fsp3) is 0.200. The van der Waals surface area contributed by atoms with E-state index in [2.05, 4.69) is 25.8 Å². The Morgan fingerprint density at radius 2 is 1.97 bits per heavy atom. The summed E-state index contributed by atoms with van der Waals surface area (Å²) in [5.41, 5.74) is 3.18.